The average molecular weight is 913 g/mol. The number of thioether (sulfide) groups is 1. The first-order valence-corrected chi connectivity index (χ1v) is 25.5. The van der Waals surface area contributed by atoms with E-state index in [2.05, 4.69) is 241 Å². The van der Waals surface area contributed by atoms with Crippen LogP contribution in [0.2, 0.25) is 0 Å². The Bertz CT molecular complexity index is 3960. The third-order valence-corrected chi connectivity index (χ3v) is 18.0. The number of anilines is 2. The Morgan fingerprint density at radius 3 is 1.89 bits per heavy atom. The molecule has 3 heterocycles. The minimum atomic E-state index is -0.478. The smallest absolute Gasteiger partial charge is 0.137 e. The molecule has 4 heteroatoms. The molecule has 0 fully saturated rings. The van der Waals surface area contributed by atoms with Crippen LogP contribution in [0.4, 0.5) is 11.4 Å². The van der Waals surface area contributed by atoms with E-state index in [1.807, 2.05) is 11.8 Å². The van der Waals surface area contributed by atoms with Crippen molar-refractivity contribution in [3.63, 3.8) is 0 Å². The molecular formula is C66H44N2OS. The van der Waals surface area contributed by atoms with E-state index < -0.39 is 10.8 Å². The summed E-state index contributed by atoms with van der Waals surface area (Å²) < 4.78 is 6.70. The van der Waals surface area contributed by atoms with E-state index in [0.29, 0.717) is 0 Å². The maximum absolute atomic E-state index is 6.70. The van der Waals surface area contributed by atoms with Crippen molar-refractivity contribution in [2.24, 2.45) is 5.92 Å². The molecule has 0 saturated carbocycles. The first-order valence-electron chi connectivity index (χ1n) is 24.7. The predicted octanol–water partition coefficient (Wildman–Crippen LogP) is 16.1. The van der Waals surface area contributed by atoms with Crippen LogP contribution in [0.5, 0.6) is 0 Å². The molecule has 9 aromatic carbocycles. The normalized spacial score (nSPS) is 20.0. The molecule has 2 spiro atoms. The Balaban J connectivity index is 0.974. The Morgan fingerprint density at radius 1 is 0.543 bits per heavy atom. The van der Waals surface area contributed by atoms with Crippen LogP contribution in [0.15, 0.2) is 257 Å². The van der Waals surface area contributed by atoms with Crippen LogP contribution in [-0.2, 0) is 10.8 Å². The van der Waals surface area contributed by atoms with Gasteiger partial charge in [-0.2, -0.15) is 0 Å². The van der Waals surface area contributed by atoms with E-state index in [9.17, 15) is 0 Å². The van der Waals surface area contributed by atoms with Crippen molar-refractivity contribution in [3.8, 4) is 22.3 Å². The van der Waals surface area contributed by atoms with E-state index in [-0.39, 0.29) is 17.2 Å². The maximum atomic E-state index is 6.70. The molecular weight excluding hydrogens is 869 g/mol. The van der Waals surface area contributed by atoms with Crippen LogP contribution >= 0.6 is 11.8 Å². The van der Waals surface area contributed by atoms with Crippen LogP contribution < -0.4 is 10.2 Å². The van der Waals surface area contributed by atoms with E-state index in [1.165, 1.54) is 88.3 Å². The van der Waals surface area contributed by atoms with Crippen molar-refractivity contribution in [1.82, 2.24) is 0 Å². The highest BCUT2D eigenvalue weighted by molar-refractivity contribution is 8.00. The van der Waals surface area contributed by atoms with E-state index in [0.717, 1.165) is 39.7 Å². The molecule has 4 aliphatic carbocycles. The maximum Gasteiger partial charge on any atom is 0.137 e. The van der Waals surface area contributed by atoms with Gasteiger partial charge in [0.15, 0.2) is 0 Å². The first kappa shape index (κ1) is 38.9. The molecule has 2 aliphatic heterocycles. The first-order chi connectivity index (χ1) is 34.7. The van der Waals surface area contributed by atoms with Gasteiger partial charge < -0.3 is 14.6 Å². The third kappa shape index (κ3) is 4.96. The Hall–Kier alpha value is -8.05. The molecule has 10 aromatic rings. The van der Waals surface area contributed by atoms with Gasteiger partial charge in [-0.15, -0.1) is 11.8 Å². The van der Waals surface area contributed by atoms with Gasteiger partial charge in [0, 0.05) is 38.5 Å². The summed E-state index contributed by atoms with van der Waals surface area (Å²) in [6.07, 6.45) is 13.5. The molecule has 0 amide bonds. The number of nitrogens with one attached hydrogen (secondary N) is 1. The predicted molar refractivity (Wildman–Crippen MR) is 289 cm³/mol. The summed E-state index contributed by atoms with van der Waals surface area (Å²) in [5.74, 6) is 0.00962. The number of hydrogen-bond donors (Lipinski definition) is 1. The average Bonchev–Trinajstić information content (AvgIpc) is 4.05. The SMILES string of the molecule is C1=CC2Nc3cc4ccccc4cc3C3(c4ccccc4-c4ccccc43)C2C=C1N(C1=CCC2Sc3ccccc3C3(C2=C1)c1ccccc1-c1ccccc13)c1cccc2oc3ccccc3c12. The van der Waals surface area contributed by atoms with Gasteiger partial charge in [0.25, 0.3) is 0 Å². The zero-order chi connectivity index (χ0) is 45.7. The van der Waals surface area contributed by atoms with E-state index >= 15 is 0 Å². The molecule has 3 nitrogen and oxygen atoms in total. The van der Waals surface area contributed by atoms with Crippen LogP contribution in [0.3, 0.4) is 0 Å². The molecule has 0 bridgehead atoms. The number of rotatable bonds is 3. The molecule has 0 radical (unpaired) electrons. The fourth-order valence-electron chi connectivity index (χ4n) is 14.0. The highest BCUT2D eigenvalue weighted by Crippen LogP contribution is 2.65. The molecule has 330 valence electrons. The summed E-state index contributed by atoms with van der Waals surface area (Å²) in [7, 11) is 0. The van der Waals surface area contributed by atoms with Crippen molar-refractivity contribution in [1.29, 1.82) is 0 Å². The summed E-state index contributed by atoms with van der Waals surface area (Å²) in [5, 5.41) is 9.12. The quantitative estimate of drug-likeness (QED) is 0.191. The summed E-state index contributed by atoms with van der Waals surface area (Å²) in [6, 6.07) is 74.8. The topological polar surface area (TPSA) is 28.4 Å². The standard InChI is InChI=1S/C66H44N2OS/c1-2-17-41-37-58-54(36-40(41)16-1)66(51-25-10-5-20-46(51)47-21-6-11-26-52(47)66)55-38-42(32-34-57(55)67-58)68(59-28-15-30-61-64(59)48-22-7-13-29-60(48)69-61)43-33-35-63-56(39-43)65(53-27-12-14-31-62(53)70-63)49-23-8-3-18-44(49)45-19-4-9-24-50(45)65/h1-34,36-39,55,57,63,67H,35H2. The molecule has 3 atom stereocenters. The molecule has 0 saturated heterocycles. The second-order valence-electron chi connectivity index (χ2n) is 19.8. The van der Waals surface area contributed by atoms with Crippen molar-refractivity contribution in [2.45, 2.75) is 33.4 Å². The lowest BCUT2D eigenvalue weighted by Crippen LogP contribution is -2.49. The van der Waals surface area contributed by atoms with Crippen LogP contribution in [0.25, 0.3) is 55.0 Å². The Labute approximate surface area is 410 Å². The van der Waals surface area contributed by atoms with Gasteiger partial charge in [0.05, 0.1) is 27.9 Å². The largest absolute Gasteiger partial charge is 0.456 e. The third-order valence-electron chi connectivity index (χ3n) is 16.6. The van der Waals surface area contributed by atoms with Gasteiger partial charge in [-0.05, 0) is 127 Å². The zero-order valence-corrected chi connectivity index (χ0v) is 39.0. The minimum Gasteiger partial charge on any atom is -0.456 e. The Kier molecular flexibility index (Phi) is 7.92. The fraction of sp³-hybridized carbons (Fsp3) is 0.0909. The van der Waals surface area contributed by atoms with Crippen molar-refractivity contribution in [2.75, 3.05) is 10.2 Å². The van der Waals surface area contributed by atoms with Crippen LogP contribution in [-0.4, -0.2) is 11.3 Å². The van der Waals surface area contributed by atoms with Crippen molar-refractivity contribution in [3.05, 3.63) is 281 Å². The molecule has 3 unspecified atom stereocenters. The number of furan rings is 1. The molecule has 16 rings (SSSR count). The number of allylic oxidation sites excluding steroid dienone is 3. The lowest BCUT2D eigenvalue weighted by atomic mass is 9.58. The summed E-state index contributed by atoms with van der Waals surface area (Å²) >= 11 is 2.03. The number of hydrogen-bond acceptors (Lipinski definition) is 4. The monoisotopic (exact) mass is 912 g/mol. The highest BCUT2D eigenvalue weighted by atomic mass is 32.2. The van der Waals surface area contributed by atoms with Crippen LogP contribution in [0.1, 0.15) is 39.8 Å². The van der Waals surface area contributed by atoms with E-state index in [1.54, 1.807) is 0 Å². The lowest BCUT2D eigenvalue weighted by molar-refractivity contribution is 0.413. The van der Waals surface area contributed by atoms with Gasteiger partial charge in [0.1, 0.15) is 11.2 Å². The zero-order valence-electron chi connectivity index (χ0n) is 38.1. The summed E-state index contributed by atoms with van der Waals surface area (Å²) in [6.45, 7) is 0. The molecule has 70 heavy (non-hydrogen) atoms. The van der Waals surface area contributed by atoms with Crippen LogP contribution in [0, 0.1) is 5.92 Å². The molecule has 6 aliphatic rings. The van der Waals surface area contributed by atoms with Gasteiger partial charge in [-0.25, -0.2) is 0 Å². The van der Waals surface area contributed by atoms with Gasteiger partial charge >= 0.3 is 0 Å². The van der Waals surface area contributed by atoms with E-state index in [4.69, 9.17) is 4.42 Å². The van der Waals surface area contributed by atoms with Gasteiger partial charge in [0.2, 0.25) is 0 Å². The van der Waals surface area contributed by atoms with Gasteiger partial charge in [-0.1, -0.05) is 182 Å². The summed E-state index contributed by atoms with van der Waals surface area (Å²) in [5.41, 5.74) is 20.4. The minimum absolute atomic E-state index is 0.00962. The van der Waals surface area contributed by atoms with Crippen molar-refractivity contribution < 1.29 is 4.42 Å². The summed E-state index contributed by atoms with van der Waals surface area (Å²) in [4.78, 5) is 3.95. The number of fused-ring (bicyclic) bond motifs is 22. The second kappa shape index (κ2) is 14.3. The number of para-hydroxylation sites is 1. The number of nitrogens with zero attached hydrogens (tertiary/aromatic N) is 1. The number of benzene rings is 9. The van der Waals surface area contributed by atoms with Crippen molar-refractivity contribution >= 4 is 55.8 Å². The fourth-order valence-corrected chi connectivity index (χ4v) is 15.4. The molecule has 1 N–H and O–H groups in total. The highest BCUT2D eigenvalue weighted by Gasteiger charge is 2.56. The lowest BCUT2D eigenvalue weighted by Gasteiger charge is -2.49. The molecule has 1 aromatic heterocycles. The Morgan fingerprint density at radius 2 is 1.14 bits per heavy atom. The second-order valence-corrected chi connectivity index (χ2v) is 21.0. The van der Waals surface area contributed by atoms with Gasteiger partial charge in [-0.3, -0.25) is 0 Å².